The zero-order valence-corrected chi connectivity index (χ0v) is 10.2. The van der Waals surface area contributed by atoms with Gasteiger partial charge in [-0.05, 0) is 18.9 Å². The van der Waals surface area contributed by atoms with Crippen molar-refractivity contribution in [2.24, 2.45) is 0 Å². The molecule has 0 amide bonds. The van der Waals surface area contributed by atoms with Gasteiger partial charge < -0.3 is 9.84 Å². The molecule has 16 heavy (non-hydrogen) atoms. The summed E-state index contributed by atoms with van der Waals surface area (Å²) in [5.41, 5.74) is 0.332. The van der Waals surface area contributed by atoms with Crippen LogP contribution in [0, 0.1) is 0 Å². The van der Waals surface area contributed by atoms with Gasteiger partial charge in [-0.2, -0.15) is 0 Å². The van der Waals surface area contributed by atoms with Gasteiger partial charge >= 0.3 is 0 Å². The Morgan fingerprint density at radius 1 is 1.31 bits per heavy atom. The van der Waals surface area contributed by atoms with Crippen molar-refractivity contribution in [1.29, 1.82) is 0 Å². The van der Waals surface area contributed by atoms with E-state index in [4.69, 9.17) is 16.3 Å². The minimum absolute atomic E-state index is 0.439. The molecule has 88 valence electrons. The maximum absolute atomic E-state index is 10.4. The second-order valence-electron chi connectivity index (χ2n) is 4.40. The van der Waals surface area contributed by atoms with Crippen LogP contribution in [0.15, 0.2) is 24.3 Å². The Labute approximate surface area is 101 Å². The van der Waals surface area contributed by atoms with Crippen LogP contribution in [0.5, 0.6) is 0 Å². The predicted molar refractivity (Wildman–Crippen MR) is 64.6 cm³/mol. The number of halogens is 1. The van der Waals surface area contributed by atoms with Crippen LogP contribution < -0.4 is 0 Å². The van der Waals surface area contributed by atoms with Crippen LogP contribution in [0.1, 0.15) is 37.4 Å². The summed E-state index contributed by atoms with van der Waals surface area (Å²) in [7, 11) is 1.67. The minimum Gasteiger partial charge on any atom is -0.385 e. The molecular weight excluding hydrogens is 224 g/mol. The Balaban J connectivity index is 2.30. The molecule has 2 rings (SSSR count). The lowest BCUT2D eigenvalue weighted by Gasteiger charge is -2.33. The molecule has 0 aromatic heterocycles. The number of hydrogen-bond acceptors (Lipinski definition) is 2. The highest BCUT2D eigenvalue weighted by Crippen LogP contribution is 2.43. The van der Waals surface area contributed by atoms with Gasteiger partial charge in [0, 0.05) is 17.7 Å². The molecule has 2 nitrogen and oxygen atoms in total. The van der Waals surface area contributed by atoms with Crippen molar-refractivity contribution < 1.29 is 9.84 Å². The first-order valence-electron chi connectivity index (χ1n) is 5.67. The van der Waals surface area contributed by atoms with Gasteiger partial charge in [0.1, 0.15) is 6.10 Å². The molecule has 0 saturated heterocycles. The average molecular weight is 241 g/mol. The number of benzene rings is 1. The summed E-state index contributed by atoms with van der Waals surface area (Å²) in [6.45, 7) is 0. The van der Waals surface area contributed by atoms with Crippen LogP contribution in [0.4, 0.5) is 0 Å². The van der Waals surface area contributed by atoms with Crippen LogP contribution in [-0.2, 0) is 4.74 Å². The number of aliphatic hydroxyl groups excluding tert-OH is 1. The zero-order valence-electron chi connectivity index (χ0n) is 9.45. The summed E-state index contributed by atoms with van der Waals surface area (Å²) < 4.78 is 5.56. The smallest absolute Gasteiger partial charge is 0.109 e. The van der Waals surface area contributed by atoms with Gasteiger partial charge in [-0.15, -0.1) is 0 Å². The van der Waals surface area contributed by atoms with Crippen molar-refractivity contribution in [1.82, 2.24) is 0 Å². The lowest BCUT2D eigenvalue weighted by Crippen LogP contribution is -2.35. The standard InChI is InChI=1S/C13H17ClO2/c1-16-13(8-4-5-9-13)12(15)10-6-2-3-7-11(10)14/h2-3,6-7,12,15H,4-5,8-9H2,1H3. The van der Waals surface area contributed by atoms with Gasteiger partial charge in [-0.25, -0.2) is 0 Å². The fourth-order valence-electron chi connectivity index (χ4n) is 2.54. The molecule has 1 saturated carbocycles. The predicted octanol–water partition coefficient (Wildman–Crippen LogP) is 3.33. The summed E-state index contributed by atoms with van der Waals surface area (Å²) >= 11 is 6.10. The Morgan fingerprint density at radius 3 is 2.50 bits per heavy atom. The molecule has 0 aliphatic heterocycles. The first-order valence-corrected chi connectivity index (χ1v) is 6.05. The number of methoxy groups -OCH3 is 1. The normalized spacial score (nSPS) is 20.9. The first-order chi connectivity index (χ1) is 7.69. The van der Waals surface area contributed by atoms with E-state index in [-0.39, 0.29) is 0 Å². The van der Waals surface area contributed by atoms with Gasteiger partial charge in [0.2, 0.25) is 0 Å². The molecule has 1 aromatic carbocycles. The molecule has 0 bridgehead atoms. The molecule has 1 unspecified atom stereocenters. The molecule has 0 radical (unpaired) electrons. The highest BCUT2D eigenvalue weighted by atomic mass is 35.5. The molecule has 1 aromatic rings. The Kier molecular flexibility index (Phi) is 3.53. The van der Waals surface area contributed by atoms with Crippen molar-refractivity contribution in [3.63, 3.8) is 0 Å². The van der Waals surface area contributed by atoms with Gasteiger partial charge in [0.15, 0.2) is 0 Å². The first kappa shape index (κ1) is 11.9. The van der Waals surface area contributed by atoms with Crippen molar-refractivity contribution in [3.05, 3.63) is 34.9 Å². The molecular formula is C13H17ClO2. The molecule has 1 N–H and O–H groups in total. The highest BCUT2D eigenvalue weighted by molar-refractivity contribution is 6.31. The summed E-state index contributed by atoms with van der Waals surface area (Å²) in [4.78, 5) is 0. The number of ether oxygens (including phenoxy) is 1. The van der Waals surface area contributed by atoms with E-state index < -0.39 is 11.7 Å². The topological polar surface area (TPSA) is 29.5 Å². The largest absolute Gasteiger partial charge is 0.385 e. The fourth-order valence-corrected chi connectivity index (χ4v) is 2.78. The summed E-state index contributed by atoms with van der Waals surface area (Å²) in [6, 6.07) is 7.43. The lowest BCUT2D eigenvalue weighted by atomic mass is 9.89. The third-order valence-electron chi connectivity index (χ3n) is 3.55. The molecule has 3 heteroatoms. The van der Waals surface area contributed by atoms with Gasteiger partial charge in [-0.1, -0.05) is 42.6 Å². The van der Waals surface area contributed by atoms with Gasteiger partial charge in [0.25, 0.3) is 0 Å². The second-order valence-corrected chi connectivity index (χ2v) is 4.81. The third kappa shape index (κ3) is 1.97. The Bertz CT molecular complexity index is 359. The molecule has 1 aliphatic rings. The summed E-state index contributed by atoms with van der Waals surface area (Å²) in [5, 5.41) is 11.1. The number of hydrogen-bond donors (Lipinski definition) is 1. The quantitative estimate of drug-likeness (QED) is 0.878. The minimum atomic E-state index is -0.631. The van der Waals surface area contributed by atoms with Crippen molar-refractivity contribution in [3.8, 4) is 0 Å². The number of rotatable bonds is 3. The monoisotopic (exact) mass is 240 g/mol. The number of aliphatic hydroxyl groups is 1. The van der Waals surface area contributed by atoms with E-state index in [1.807, 2.05) is 18.2 Å². The molecule has 1 atom stereocenters. The highest BCUT2D eigenvalue weighted by Gasteiger charge is 2.42. The zero-order chi connectivity index (χ0) is 11.6. The van der Waals surface area contributed by atoms with Crippen molar-refractivity contribution >= 4 is 11.6 Å². The van der Waals surface area contributed by atoms with E-state index in [2.05, 4.69) is 0 Å². The Hall–Kier alpha value is -0.570. The van der Waals surface area contributed by atoms with Gasteiger partial charge in [-0.3, -0.25) is 0 Å². The summed E-state index contributed by atoms with van der Waals surface area (Å²) in [5.74, 6) is 0. The second kappa shape index (κ2) is 4.74. The fraction of sp³-hybridized carbons (Fsp3) is 0.538. The molecule has 0 spiro atoms. The van der Waals surface area contributed by atoms with Crippen LogP contribution in [0.2, 0.25) is 5.02 Å². The maximum Gasteiger partial charge on any atom is 0.109 e. The van der Waals surface area contributed by atoms with E-state index in [9.17, 15) is 5.11 Å². The molecule has 0 heterocycles. The van der Waals surface area contributed by atoms with E-state index in [0.29, 0.717) is 5.02 Å². The third-order valence-corrected chi connectivity index (χ3v) is 3.90. The van der Waals surface area contributed by atoms with Crippen LogP contribution >= 0.6 is 11.6 Å². The maximum atomic E-state index is 10.4. The van der Waals surface area contributed by atoms with Crippen molar-refractivity contribution in [2.75, 3.05) is 7.11 Å². The SMILES string of the molecule is COC1(C(O)c2ccccc2Cl)CCCC1. The summed E-state index contributed by atoms with van der Waals surface area (Å²) in [6.07, 6.45) is 3.38. The van der Waals surface area contributed by atoms with E-state index >= 15 is 0 Å². The Morgan fingerprint density at radius 2 is 1.94 bits per heavy atom. The van der Waals surface area contributed by atoms with E-state index in [0.717, 1.165) is 31.2 Å². The van der Waals surface area contributed by atoms with E-state index in [1.54, 1.807) is 13.2 Å². The van der Waals surface area contributed by atoms with Gasteiger partial charge in [0.05, 0.1) is 5.60 Å². The van der Waals surface area contributed by atoms with E-state index in [1.165, 1.54) is 0 Å². The molecule has 1 fully saturated rings. The molecule has 1 aliphatic carbocycles. The van der Waals surface area contributed by atoms with Crippen LogP contribution in [-0.4, -0.2) is 17.8 Å². The van der Waals surface area contributed by atoms with Crippen LogP contribution in [0.3, 0.4) is 0 Å². The van der Waals surface area contributed by atoms with Crippen LogP contribution in [0.25, 0.3) is 0 Å². The van der Waals surface area contributed by atoms with Crippen molar-refractivity contribution in [2.45, 2.75) is 37.4 Å². The lowest BCUT2D eigenvalue weighted by molar-refractivity contribution is -0.100. The average Bonchev–Trinajstić information content (AvgIpc) is 2.78.